The standard InChI is InChI=1S/C16H20N2O5S/c1-2-22-14(20)8-12-10-24-16(17-12)18-13(19)9-23-15(21)11-6-4-3-5-7-11/h3-4,10-11H,2,5-9H2,1H3,(H,17,18,19)/t11-/m0/s1. The Morgan fingerprint density at radius 2 is 2.17 bits per heavy atom. The van der Waals surface area contributed by atoms with Gasteiger partial charge in [0.05, 0.1) is 24.6 Å². The summed E-state index contributed by atoms with van der Waals surface area (Å²) in [6.45, 7) is 1.70. The van der Waals surface area contributed by atoms with Gasteiger partial charge < -0.3 is 9.47 Å². The Morgan fingerprint density at radius 3 is 2.88 bits per heavy atom. The quantitative estimate of drug-likeness (QED) is 0.596. The molecule has 7 nitrogen and oxygen atoms in total. The molecular weight excluding hydrogens is 332 g/mol. The molecule has 1 heterocycles. The Kier molecular flexibility index (Phi) is 6.92. The van der Waals surface area contributed by atoms with E-state index >= 15 is 0 Å². The second-order valence-electron chi connectivity index (χ2n) is 5.26. The summed E-state index contributed by atoms with van der Waals surface area (Å²) >= 11 is 1.20. The molecular formula is C16H20N2O5S. The van der Waals surface area contributed by atoms with Crippen molar-refractivity contribution in [1.82, 2.24) is 4.98 Å². The van der Waals surface area contributed by atoms with Gasteiger partial charge in [0.25, 0.3) is 5.91 Å². The van der Waals surface area contributed by atoms with Crippen molar-refractivity contribution in [2.45, 2.75) is 32.6 Å². The molecule has 0 saturated carbocycles. The lowest BCUT2D eigenvalue weighted by atomic mass is 9.95. The Bertz CT molecular complexity index is 626. The van der Waals surface area contributed by atoms with Gasteiger partial charge in [0.15, 0.2) is 11.7 Å². The molecule has 0 saturated heterocycles. The largest absolute Gasteiger partial charge is 0.466 e. The van der Waals surface area contributed by atoms with Crippen LogP contribution in [0.3, 0.4) is 0 Å². The van der Waals surface area contributed by atoms with Crippen LogP contribution in [-0.2, 0) is 30.3 Å². The summed E-state index contributed by atoms with van der Waals surface area (Å²) < 4.78 is 9.87. The molecule has 0 bridgehead atoms. The third-order valence-corrected chi connectivity index (χ3v) is 4.18. The van der Waals surface area contributed by atoms with E-state index in [-0.39, 0.29) is 30.9 Å². The zero-order valence-corrected chi connectivity index (χ0v) is 14.3. The van der Waals surface area contributed by atoms with Crippen LogP contribution < -0.4 is 5.32 Å². The van der Waals surface area contributed by atoms with Crippen molar-refractivity contribution < 1.29 is 23.9 Å². The molecule has 130 valence electrons. The SMILES string of the molecule is CCOC(=O)Cc1csc(NC(=O)COC(=O)[C@H]2CC=CCC2)n1. The number of carbonyl (C=O) groups is 3. The van der Waals surface area contributed by atoms with Gasteiger partial charge in [-0.05, 0) is 26.2 Å². The summed E-state index contributed by atoms with van der Waals surface area (Å²) in [5.74, 6) is -1.33. The highest BCUT2D eigenvalue weighted by Crippen LogP contribution is 2.19. The van der Waals surface area contributed by atoms with Gasteiger partial charge in [-0.3, -0.25) is 19.7 Å². The van der Waals surface area contributed by atoms with E-state index < -0.39 is 5.91 Å². The summed E-state index contributed by atoms with van der Waals surface area (Å²) in [5, 5.41) is 4.58. The molecule has 0 spiro atoms. The van der Waals surface area contributed by atoms with E-state index in [9.17, 15) is 14.4 Å². The summed E-state index contributed by atoms with van der Waals surface area (Å²) in [4.78, 5) is 39.1. The first-order chi connectivity index (χ1) is 11.6. The Hall–Kier alpha value is -2.22. The molecule has 1 aromatic heterocycles. The molecule has 0 unspecified atom stereocenters. The number of amides is 1. The predicted octanol–water partition coefficient (Wildman–Crippen LogP) is 2.09. The summed E-state index contributed by atoms with van der Waals surface area (Å²) in [6.07, 6.45) is 6.31. The molecule has 1 N–H and O–H groups in total. The maximum atomic E-state index is 11.8. The first-order valence-electron chi connectivity index (χ1n) is 7.80. The molecule has 0 radical (unpaired) electrons. The van der Waals surface area contributed by atoms with Gasteiger partial charge in [-0.2, -0.15) is 0 Å². The number of thiazole rings is 1. The number of anilines is 1. The number of hydrogen-bond acceptors (Lipinski definition) is 7. The first-order valence-corrected chi connectivity index (χ1v) is 8.68. The number of hydrogen-bond donors (Lipinski definition) is 1. The van der Waals surface area contributed by atoms with Crippen molar-refractivity contribution in [2.75, 3.05) is 18.5 Å². The van der Waals surface area contributed by atoms with Crippen molar-refractivity contribution in [1.29, 1.82) is 0 Å². The lowest BCUT2D eigenvalue weighted by Gasteiger charge is -2.15. The number of allylic oxidation sites excluding steroid dienone is 2. The lowest BCUT2D eigenvalue weighted by molar-refractivity contribution is -0.151. The highest BCUT2D eigenvalue weighted by molar-refractivity contribution is 7.13. The third-order valence-electron chi connectivity index (χ3n) is 3.38. The van der Waals surface area contributed by atoms with Crippen molar-refractivity contribution in [3.8, 4) is 0 Å². The fourth-order valence-electron chi connectivity index (χ4n) is 2.22. The molecule has 0 aromatic carbocycles. The minimum absolute atomic E-state index is 0.0599. The molecule has 1 amide bonds. The molecule has 1 aliphatic carbocycles. The Labute approximate surface area is 144 Å². The van der Waals surface area contributed by atoms with E-state index in [2.05, 4.69) is 10.3 Å². The van der Waals surface area contributed by atoms with Crippen molar-refractivity contribution >= 4 is 34.3 Å². The fraction of sp³-hybridized carbons (Fsp3) is 0.500. The fourth-order valence-corrected chi connectivity index (χ4v) is 2.95. The highest BCUT2D eigenvalue weighted by atomic mass is 32.1. The van der Waals surface area contributed by atoms with Crippen LogP contribution in [0.15, 0.2) is 17.5 Å². The second kappa shape index (κ2) is 9.17. The number of ether oxygens (including phenoxy) is 2. The zero-order chi connectivity index (χ0) is 17.4. The van der Waals surface area contributed by atoms with E-state index in [1.165, 1.54) is 11.3 Å². The summed E-state index contributed by atoms with van der Waals surface area (Å²) in [6, 6.07) is 0. The Balaban J connectivity index is 1.74. The van der Waals surface area contributed by atoms with Gasteiger partial charge in [-0.1, -0.05) is 12.2 Å². The average Bonchev–Trinajstić information content (AvgIpc) is 3.00. The highest BCUT2D eigenvalue weighted by Gasteiger charge is 2.21. The van der Waals surface area contributed by atoms with Gasteiger partial charge >= 0.3 is 11.9 Å². The summed E-state index contributed by atoms with van der Waals surface area (Å²) in [7, 11) is 0. The second-order valence-corrected chi connectivity index (χ2v) is 6.12. The van der Waals surface area contributed by atoms with E-state index in [1.807, 2.05) is 12.2 Å². The van der Waals surface area contributed by atoms with E-state index in [4.69, 9.17) is 9.47 Å². The van der Waals surface area contributed by atoms with Gasteiger partial charge in [0.2, 0.25) is 0 Å². The van der Waals surface area contributed by atoms with Crippen LogP contribution in [0, 0.1) is 5.92 Å². The van der Waals surface area contributed by atoms with Crippen LogP contribution in [0.5, 0.6) is 0 Å². The number of esters is 2. The molecule has 24 heavy (non-hydrogen) atoms. The molecule has 0 aliphatic heterocycles. The third kappa shape index (κ3) is 5.77. The van der Waals surface area contributed by atoms with E-state index in [0.717, 1.165) is 12.8 Å². The maximum absolute atomic E-state index is 11.8. The molecule has 1 aromatic rings. The zero-order valence-electron chi connectivity index (χ0n) is 13.4. The number of carbonyl (C=O) groups excluding carboxylic acids is 3. The van der Waals surface area contributed by atoms with Crippen molar-refractivity contribution in [3.63, 3.8) is 0 Å². The summed E-state index contributed by atoms with van der Waals surface area (Å²) in [5.41, 5.74) is 0.528. The molecule has 2 rings (SSSR count). The molecule has 0 fully saturated rings. The first kappa shape index (κ1) is 18.1. The number of rotatable bonds is 7. The Morgan fingerprint density at radius 1 is 1.33 bits per heavy atom. The topological polar surface area (TPSA) is 94.6 Å². The van der Waals surface area contributed by atoms with Crippen molar-refractivity contribution in [3.05, 3.63) is 23.2 Å². The molecule has 1 atom stereocenters. The predicted molar refractivity (Wildman–Crippen MR) is 88.5 cm³/mol. The van der Waals surface area contributed by atoms with Gasteiger partial charge in [-0.25, -0.2) is 4.98 Å². The van der Waals surface area contributed by atoms with E-state index in [1.54, 1.807) is 12.3 Å². The molecule has 1 aliphatic rings. The van der Waals surface area contributed by atoms with Crippen LogP contribution in [0.4, 0.5) is 5.13 Å². The minimum atomic E-state index is -0.452. The normalized spacial score (nSPS) is 16.5. The smallest absolute Gasteiger partial charge is 0.311 e. The van der Waals surface area contributed by atoms with Gasteiger partial charge in [-0.15, -0.1) is 11.3 Å². The monoisotopic (exact) mass is 352 g/mol. The average molecular weight is 352 g/mol. The number of nitrogens with zero attached hydrogens (tertiary/aromatic N) is 1. The lowest BCUT2D eigenvalue weighted by Crippen LogP contribution is -2.25. The number of nitrogens with one attached hydrogen (secondary N) is 1. The van der Waals surface area contributed by atoms with Crippen LogP contribution in [-0.4, -0.2) is 36.0 Å². The van der Waals surface area contributed by atoms with E-state index in [0.29, 0.717) is 23.9 Å². The van der Waals surface area contributed by atoms with Crippen LogP contribution in [0.1, 0.15) is 31.9 Å². The van der Waals surface area contributed by atoms with Crippen molar-refractivity contribution in [2.24, 2.45) is 5.92 Å². The number of aromatic nitrogens is 1. The van der Waals surface area contributed by atoms with Crippen LogP contribution in [0.2, 0.25) is 0 Å². The molecule has 8 heteroatoms. The minimum Gasteiger partial charge on any atom is -0.466 e. The maximum Gasteiger partial charge on any atom is 0.311 e. The van der Waals surface area contributed by atoms with Gasteiger partial charge in [0.1, 0.15) is 0 Å². The van der Waals surface area contributed by atoms with Crippen LogP contribution >= 0.6 is 11.3 Å². The van der Waals surface area contributed by atoms with Gasteiger partial charge in [0, 0.05) is 5.38 Å². The van der Waals surface area contributed by atoms with Crippen LogP contribution in [0.25, 0.3) is 0 Å².